The molecule has 76 valence electrons. The van der Waals surface area contributed by atoms with Crippen LogP contribution in [0.15, 0.2) is 0 Å². The third-order valence-corrected chi connectivity index (χ3v) is 2.95. The van der Waals surface area contributed by atoms with Crippen molar-refractivity contribution in [1.29, 1.82) is 0 Å². The Morgan fingerprint density at radius 3 is 3.08 bits per heavy atom. The summed E-state index contributed by atoms with van der Waals surface area (Å²) in [5.74, 6) is -0.213. The van der Waals surface area contributed by atoms with Crippen molar-refractivity contribution < 1.29 is 14.3 Å². The van der Waals surface area contributed by atoms with E-state index in [-0.39, 0.29) is 16.9 Å². The van der Waals surface area contributed by atoms with Gasteiger partial charge in [-0.15, -0.1) is 0 Å². The molecule has 1 saturated heterocycles. The van der Waals surface area contributed by atoms with Crippen molar-refractivity contribution >= 4 is 21.9 Å². The van der Waals surface area contributed by atoms with E-state index < -0.39 is 0 Å². The van der Waals surface area contributed by atoms with Gasteiger partial charge in [-0.25, -0.2) is 4.79 Å². The quantitative estimate of drug-likeness (QED) is 0.565. The molecule has 0 aromatic heterocycles. The Balaban J connectivity index is 2.16. The standard InChI is InChI=1S/C9H15BrO3/c1-2-7(10)6-13-9(11)8-4-3-5-12-8/h7-8H,2-6H2,1H3. The van der Waals surface area contributed by atoms with E-state index in [1.807, 2.05) is 6.92 Å². The monoisotopic (exact) mass is 250 g/mol. The lowest BCUT2D eigenvalue weighted by Gasteiger charge is -2.11. The summed E-state index contributed by atoms with van der Waals surface area (Å²) in [4.78, 5) is 11.6. The maximum Gasteiger partial charge on any atom is 0.335 e. The fourth-order valence-electron chi connectivity index (χ4n) is 1.15. The molecule has 0 aromatic carbocycles. The zero-order chi connectivity index (χ0) is 9.68. The van der Waals surface area contributed by atoms with Crippen molar-refractivity contribution in [2.24, 2.45) is 0 Å². The molecule has 4 heteroatoms. The maximum atomic E-state index is 11.3. The Morgan fingerprint density at radius 2 is 2.54 bits per heavy atom. The van der Waals surface area contributed by atoms with Gasteiger partial charge in [0.1, 0.15) is 6.61 Å². The Morgan fingerprint density at radius 1 is 1.77 bits per heavy atom. The van der Waals surface area contributed by atoms with Crippen LogP contribution in [0.4, 0.5) is 0 Å². The molecule has 1 rings (SSSR count). The molecule has 0 radical (unpaired) electrons. The van der Waals surface area contributed by atoms with Crippen LogP contribution < -0.4 is 0 Å². The number of ether oxygens (including phenoxy) is 2. The average molecular weight is 251 g/mol. The molecule has 0 bridgehead atoms. The minimum Gasteiger partial charge on any atom is -0.463 e. The topological polar surface area (TPSA) is 35.5 Å². The summed E-state index contributed by atoms with van der Waals surface area (Å²) in [5.41, 5.74) is 0. The van der Waals surface area contributed by atoms with E-state index in [4.69, 9.17) is 9.47 Å². The molecule has 2 atom stereocenters. The summed E-state index contributed by atoms with van der Waals surface area (Å²) >= 11 is 3.40. The van der Waals surface area contributed by atoms with Gasteiger partial charge in [-0.1, -0.05) is 22.9 Å². The first-order chi connectivity index (χ1) is 6.24. The summed E-state index contributed by atoms with van der Waals surface area (Å²) in [6.45, 7) is 3.17. The van der Waals surface area contributed by atoms with Crippen molar-refractivity contribution in [2.75, 3.05) is 13.2 Å². The van der Waals surface area contributed by atoms with Gasteiger partial charge in [-0.05, 0) is 19.3 Å². The van der Waals surface area contributed by atoms with Crippen LogP contribution in [0, 0.1) is 0 Å². The fraction of sp³-hybridized carbons (Fsp3) is 0.889. The van der Waals surface area contributed by atoms with Crippen LogP contribution in [0.5, 0.6) is 0 Å². The number of alkyl halides is 1. The van der Waals surface area contributed by atoms with Gasteiger partial charge in [0, 0.05) is 11.4 Å². The fourth-order valence-corrected chi connectivity index (χ4v) is 1.28. The zero-order valence-corrected chi connectivity index (χ0v) is 9.38. The number of esters is 1. The second-order valence-corrected chi connectivity index (χ2v) is 4.43. The lowest BCUT2D eigenvalue weighted by Crippen LogP contribution is -2.24. The van der Waals surface area contributed by atoms with E-state index in [9.17, 15) is 4.79 Å². The molecule has 0 aromatic rings. The summed E-state index contributed by atoms with van der Waals surface area (Å²) in [6.07, 6.45) is 2.42. The normalized spacial score (nSPS) is 24.3. The molecule has 0 amide bonds. The molecule has 0 N–H and O–H groups in total. The zero-order valence-electron chi connectivity index (χ0n) is 7.79. The molecule has 1 aliphatic rings. The van der Waals surface area contributed by atoms with Crippen molar-refractivity contribution in [3.05, 3.63) is 0 Å². The lowest BCUT2D eigenvalue weighted by atomic mass is 10.2. The number of hydrogen-bond acceptors (Lipinski definition) is 3. The Kier molecular flexibility index (Phi) is 4.73. The number of carbonyl (C=O) groups excluding carboxylic acids is 1. The highest BCUT2D eigenvalue weighted by Crippen LogP contribution is 2.14. The van der Waals surface area contributed by atoms with Crippen molar-refractivity contribution in [1.82, 2.24) is 0 Å². The SMILES string of the molecule is CCC(Br)COC(=O)C1CCCO1. The molecule has 0 aliphatic carbocycles. The molecular formula is C9H15BrO3. The van der Waals surface area contributed by atoms with Crippen LogP contribution in [0.3, 0.4) is 0 Å². The highest BCUT2D eigenvalue weighted by molar-refractivity contribution is 9.09. The number of hydrogen-bond donors (Lipinski definition) is 0. The van der Waals surface area contributed by atoms with Crippen LogP contribution in [-0.4, -0.2) is 30.1 Å². The summed E-state index contributed by atoms with van der Waals surface area (Å²) in [7, 11) is 0. The summed E-state index contributed by atoms with van der Waals surface area (Å²) < 4.78 is 10.3. The van der Waals surface area contributed by atoms with Crippen LogP contribution in [0.1, 0.15) is 26.2 Å². The predicted molar refractivity (Wildman–Crippen MR) is 52.9 cm³/mol. The first-order valence-electron chi connectivity index (χ1n) is 4.66. The molecule has 2 unspecified atom stereocenters. The van der Waals surface area contributed by atoms with Crippen LogP contribution in [-0.2, 0) is 14.3 Å². The number of halogens is 1. The Hall–Kier alpha value is -0.0900. The van der Waals surface area contributed by atoms with Gasteiger partial charge in [-0.2, -0.15) is 0 Å². The summed E-state index contributed by atoms with van der Waals surface area (Å²) in [5, 5.41) is 0. The molecule has 3 nitrogen and oxygen atoms in total. The third-order valence-electron chi connectivity index (χ3n) is 2.04. The lowest BCUT2D eigenvalue weighted by molar-refractivity contribution is -0.154. The van der Waals surface area contributed by atoms with Gasteiger partial charge in [0.25, 0.3) is 0 Å². The van der Waals surface area contributed by atoms with E-state index in [1.54, 1.807) is 0 Å². The van der Waals surface area contributed by atoms with E-state index in [1.165, 1.54) is 0 Å². The minimum absolute atomic E-state index is 0.213. The first-order valence-corrected chi connectivity index (χ1v) is 5.58. The first kappa shape index (κ1) is 11.0. The average Bonchev–Trinajstić information content (AvgIpc) is 2.66. The van der Waals surface area contributed by atoms with Crippen molar-refractivity contribution in [3.8, 4) is 0 Å². The highest BCUT2D eigenvalue weighted by atomic mass is 79.9. The maximum absolute atomic E-state index is 11.3. The summed E-state index contributed by atoms with van der Waals surface area (Å²) in [6, 6.07) is 0. The van der Waals surface area contributed by atoms with Gasteiger partial charge in [0.15, 0.2) is 6.10 Å². The minimum atomic E-state index is -0.309. The van der Waals surface area contributed by atoms with Gasteiger partial charge in [-0.3, -0.25) is 0 Å². The van der Waals surface area contributed by atoms with E-state index in [0.29, 0.717) is 13.2 Å². The molecule has 1 heterocycles. The number of carbonyl (C=O) groups is 1. The Bertz CT molecular complexity index is 166. The molecule has 1 fully saturated rings. The van der Waals surface area contributed by atoms with Gasteiger partial charge in [0.05, 0.1) is 0 Å². The second-order valence-electron chi connectivity index (χ2n) is 3.14. The molecular weight excluding hydrogens is 236 g/mol. The predicted octanol–water partition coefficient (Wildman–Crippen LogP) is 1.88. The van der Waals surface area contributed by atoms with Gasteiger partial charge >= 0.3 is 5.97 Å². The van der Waals surface area contributed by atoms with Gasteiger partial charge < -0.3 is 9.47 Å². The van der Waals surface area contributed by atoms with Crippen molar-refractivity contribution in [3.63, 3.8) is 0 Å². The van der Waals surface area contributed by atoms with E-state index in [2.05, 4.69) is 15.9 Å². The van der Waals surface area contributed by atoms with E-state index >= 15 is 0 Å². The molecule has 13 heavy (non-hydrogen) atoms. The Labute approximate surface area is 86.9 Å². The smallest absolute Gasteiger partial charge is 0.335 e. The van der Waals surface area contributed by atoms with Crippen LogP contribution in [0.25, 0.3) is 0 Å². The molecule has 1 aliphatic heterocycles. The van der Waals surface area contributed by atoms with Crippen LogP contribution >= 0.6 is 15.9 Å². The van der Waals surface area contributed by atoms with E-state index in [0.717, 1.165) is 19.3 Å². The van der Waals surface area contributed by atoms with Gasteiger partial charge in [0.2, 0.25) is 0 Å². The second kappa shape index (κ2) is 5.60. The highest BCUT2D eigenvalue weighted by Gasteiger charge is 2.25. The molecule has 0 spiro atoms. The third kappa shape index (κ3) is 3.65. The van der Waals surface area contributed by atoms with Crippen molar-refractivity contribution in [2.45, 2.75) is 37.1 Å². The van der Waals surface area contributed by atoms with Crippen LogP contribution in [0.2, 0.25) is 0 Å². The molecule has 0 saturated carbocycles. The largest absolute Gasteiger partial charge is 0.463 e. The number of rotatable bonds is 4.